The van der Waals surface area contributed by atoms with E-state index in [1.165, 1.54) is 43.5 Å². The molecule has 1 aliphatic rings. The van der Waals surface area contributed by atoms with Crippen LogP contribution in [0.25, 0.3) is 6.08 Å². The summed E-state index contributed by atoms with van der Waals surface area (Å²) in [6, 6.07) is 13.4. The second-order valence-corrected chi connectivity index (χ2v) is 8.93. The number of nitrogens with zero attached hydrogens (tertiary/aromatic N) is 1. The molecule has 0 aliphatic carbocycles. The van der Waals surface area contributed by atoms with Crippen LogP contribution in [0.1, 0.15) is 21.5 Å². The molecule has 0 saturated carbocycles. The maximum Gasteiger partial charge on any atom is 0.335 e. The number of benzene rings is 3. The van der Waals surface area contributed by atoms with Crippen LogP contribution in [-0.2, 0) is 16.2 Å². The first kappa shape index (κ1) is 25.8. The van der Waals surface area contributed by atoms with E-state index in [4.69, 9.17) is 9.47 Å². The number of carbonyl (C=O) groups excluding carboxylic acids is 3. The summed E-state index contributed by atoms with van der Waals surface area (Å²) in [6.45, 7) is 0.0690. The first-order chi connectivity index (χ1) is 17.7. The molecule has 0 bridgehead atoms. The standard InChI is InChI=1S/C26H18FIN2O7/c1-36-21-11-15(10-20(28)22(21)37-13-14-4-2-5-16(8-14)25(33)34)9-19-23(31)29-26(35)30(24(19)32)18-7-3-6-17(27)12-18/h2-12H,13H2,1H3,(H,33,34)(H,29,31,35)/b19-9+. The monoisotopic (exact) mass is 616 g/mol. The lowest BCUT2D eigenvalue weighted by Crippen LogP contribution is -2.54. The summed E-state index contributed by atoms with van der Waals surface area (Å²) in [6.07, 6.45) is 1.29. The van der Waals surface area contributed by atoms with Crippen LogP contribution >= 0.6 is 22.6 Å². The van der Waals surface area contributed by atoms with Crippen molar-refractivity contribution in [1.82, 2.24) is 5.32 Å². The van der Waals surface area contributed by atoms with Crippen molar-refractivity contribution in [2.75, 3.05) is 12.0 Å². The minimum atomic E-state index is -1.05. The predicted octanol–water partition coefficient (Wildman–Crippen LogP) is 4.38. The Morgan fingerprint density at radius 1 is 1.11 bits per heavy atom. The number of aromatic carboxylic acids is 1. The number of methoxy groups -OCH3 is 1. The first-order valence-corrected chi connectivity index (χ1v) is 11.8. The van der Waals surface area contributed by atoms with Crippen molar-refractivity contribution in [1.29, 1.82) is 0 Å². The number of carboxylic acids is 1. The highest BCUT2D eigenvalue weighted by atomic mass is 127. The van der Waals surface area contributed by atoms with Gasteiger partial charge in [-0.3, -0.25) is 14.9 Å². The zero-order chi connectivity index (χ0) is 26.7. The number of carboxylic acid groups (broad SMARTS) is 1. The second-order valence-electron chi connectivity index (χ2n) is 7.77. The SMILES string of the molecule is COc1cc(/C=C2\C(=O)NC(=O)N(c3cccc(F)c3)C2=O)cc(I)c1OCc1cccc(C(=O)O)c1. The summed E-state index contributed by atoms with van der Waals surface area (Å²) in [5, 5.41) is 11.3. The van der Waals surface area contributed by atoms with Crippen LogP contribution < -0.4 is 19.7 Å². The molecule has 37 heavy (non-hydrogen) atoms. The molecule has 4 rings (SSSR count). The molecule has 3 aromatic rings. The normalized spacial score (nSPS) is 14.5. The number of rotatable bonds is 7. The Labute approximate surface area is 223 Å². The third-order valence-corrected chi connectivity index (χ3v) is 6.09. The van der Waals surface area contributed by atoms with Gasteiger partial charge in [0.25, 0.3) is 11.8 Å². The number of hydrogen-bond donors (Lipinski definition) is 2. The first-order valence-electron chi connectivity index (χ1n) is 10.7. The second kappa shape index (κ2) is 10.8. The van der Waals surface area contributed by atoms with E-state index in [1.54, 1.807) is 24.3 Å². The minimum Gasteiger partial charge on any atom is -0.493 e. The molecule has 0 atom stereocenters. The van der Waals surface area contributed by atoms with Gasteiger partial charge in [0.15, 0.2) is 11.5 Å². The van der Waals surface area contributed by atoms with Crippen molar-refractivity contribution >= 4 is 58.2 Å². The fraction of sp³-hybridized carbons (Fsp3) is 0.0769. The number of hydrogen-bond acceptors (Lipinski definition) is 6. The van der Waals surface area contributed by atoms with Crippen molar-refractivity contribution in [3.63, 3.8) is 0 Å². The van der Waals surface area contributed by atoms with Gasteiger partial charge in [0, 0.05) is 0 Å². The fourth-order valence-electron chi connectivity index (χ4n) is 3.59. The molecule has 0 spiro atoms. The van der Waals surface area contributed by atoms with Gasteiger partial charge in [-0.05, 0) is 82.3 Å². The number of barbiturate groups is 1. The molecule has 0 radical (unpaired) electrons. The maximum atomic E-state index is 13.7. The smallest absolute Gasteiger partial charge is 0.335 e. The summed E-state index contributed by atoms with van der Waals surface area (Å²) in [7, 11) is 1.42. The molecule has 2 N–H and O–H groups in total. The van der Waals surface area contributed by atoms with E-state index >= 15 is 0 Å². The number of ether oxygens (including phenoxy) is 2. The number of anilines is 1. The number of halogens is 2. The van der Waals surface area contributed by atoms with Gasteiger partial charge in [-0.2, -0.15) is 0 Å². The highest BCUT2D eigenvalue weighted by Gasteiger charge is 2.37. The summed E-state index contributed by atoms with van der Waals surface area (Å²) < 4.78 is 25.6. The third-order valence-electron chi connectivity index (χ3n) is 5.29. The number of imide groups is 2. The van der Waals surface area contributed by atoms with Gasteiger partial charge < -0.3 is 14.6 Å². The Hall–Kier alpha value is -4.26. The zero-order valence-electron chi connectivity index (χ0n) is 19.2. The Balaban J connectivity index is 1.63. The van der Waals surface area contributed by atoms with Crippen LogP contribution in [0.4, 0.5) is 14.9 Å². The van der Waals surface area contributed by atoms with Gasteiger partial charge >= 0.3 is 12.0 Å². The van der Waals surface area contributed by atoms with Gasteiger partial charge in [-0.25, -0.2) is 18.9 Å². The molecular formula is C26H18FIN2O7. The largest absolute Gasteiger partial charge is 0.493 e. The molecule has 0 unspecified atom stereocenters. The topological polar surface area (TPSA) is 122 Å². The molecule has 1 fully saturated rings. The van der Waals surface area contributed by atoms with Crippen molar-refractivity contribution in [2.24, 2.45) is 0 Å². The molecule has 1 saturated heterocycles. The lowest BCUT2D eigenvalue weighted by Gasteiger charge is -2.26. The molecule has 1 aliphatic heterocycles. The number of nitrogens with one attached hydrogen (secondary N) is 1. The highest BCUT2D eigenvalue weighted by molar-refractivity contribution is 14.1. The van der Waals surface area contributed by atoms with E-state index in [1.807, 2.05) is 22.6 Å². The summed E-state index contributed by atoms with van der Waals surface area (Å²) in [5.74, 6) is -2.82. The quantitative estimate of drug-likeness (QED) is 0.230. The van der Waals surface area contributed by atoms with Gasteiger partial charge in [0.1, 0.15) is 18.0 Å². The van der Waals surface area contributed by atoms with E-state index in [-0.39, 0.29) is 23.4 Å². The molecule has 0 aromatic heterocycles. The molecule has 188 valence electrons. The van der Waals surface area contributed by atoms with Crippen molar-refractivity contribution in [2.45, 2.75) is 6.61 Å². The Bertz CT molecular complexity index is 1470. The van der Waals surface area contributed by atoms with E-state index in [2.05, 4.69) is 5.32 Å². The van der Waals surface area contributed by atoms with Gasteiger partial charge in [0.05, 0.1) is 21.9 Å². The van der Waals surface area contributed by atoms with Crippen molar-refractivity contribution in [3.8, 4) is 11.5 Å². The zero-order valence-corrected chi connectivity index (χ0v) is 21.3. The van der Waals surface area contributed by atoms with Crippen LogP contribution in [0, 0.1) is 9.39 Å². The average molecular weight is 616 g/mol. The summed E-state index contributed by atoms with van der Waals surface area (Å²) in [5.41, 5.74) is 0.819. The lowest BCUT2D eigenvalue weighted by atomic mass is 10.1. The minimum absolute atomic E-state index is 0.0243. The third kappa shape index (κ3) is 5.61. The van der Waals surface area contributed by atoms with Gasteiger partial charge in [0.2, 0.25) is 0 Å². The van der Waals surface area contributed by atoms with Crippen LogP contribution in [0.2, 0.25) is 0 Å². The van der Waals surface area contributed by atoms with Crippen molar-refractivity contribution < 1.29 is 38.1 Å². The average Bonchev–Trinajstić information content (AvgIpc) is 2.85. The fourth-order valence-corrected chi connectivity index (χ4v) is 4.37. The Morgan fingerprint density at radius 2 is 1.86 bits per heavy atom. The molecule has 4 amide bonds. The van der Waals surface area contributed by atoms with Gasteiger partial charge in [-0.15, -0.1) is 0 Å². The maximum absolute atomic E-state index is 13.7. The Kier molecular flexibility index (Phi) is 7.53. The molecule has 1 heterocycles. The van der Waals surface area contributed by atoms with E-state index in [0.717, 1.165) is 6.07 Å². The molecular weight excluding hydrogens is 598 g/mol. The number of urea groups is 1. The van der Waals surface area contributed by atoms with E-state index in [0.29, 0.717) is 31.1 Å². The molecule has 9 nitrogen and oxygen atoms in total. The van der Waals surface area contributed by atoms with E-state index in [9.17, 15) is 28.7 Å². The van der Waals surface area contributed by atoms with E-state index < -0.39 is 29.6 Å². The summed E-state index contributed by atoms with van der Waals surface area (Å²) in [4.78, 5) is 49.8. The van der Waals surface area contributed by atoms with Crippen LogP contribution in [0.3, 0.4) is 0 Å². The lowest BCUT2D eigenvalue weighted by molar-refractivity contribution is -0.122. The molecule has 11 heteroatoms. The van der Waals surface area contributed by atoms with Gasteiger partial charge in [-0.1, -0.05) is 18.2 Å². The highest BCUT2D eigenvalue weighted by Crippen LogP contribution is 2.35. The van der Waals surface area contributed by atoms with Crippen molar-refractivity contribution in [3.05, 3.63) is 92.3 Å². The molecule has 3 aromatic carbocycles. The van der Waals surface area contributed by atoms with Crippen LogP contribution in [0.5, 0.6) is 11.5 Å². The van der Waals surface area contributed by atoms with Crippen LogP contribution in [0.15, 0.2) is 66.2 Å². The van der Waals surface area contributed by atoms with Crippen LogP contribution in [-0.4, -0.2) is 36.0 Å². The Morgan fingerprint density at radius 3 is 2.57 bits per heavy atom. The predicted molar refractivity (Wildman–Crippen MR) is 139 cm³/mol. The number of amides is 4. The summed E-state index contributed by atoms with van der Waals surface area (Å²) >= 11 is 2.00. The number of carbonyl (C=O) groups is 4.